The van der Waals surface area contributed by atoms with Gasteiger partial charge in [-0.05, 0) is 18.9 Å². The van der Waals surface area contributed by atoms with Gasteiger partial charge in [0.15, 0.2) is 0 Å². The highest BCUT2D eigenvalue weighted by Crippen LogP contribution is 2.04. The molecular formula is C8H17BrFN. The Morgan fingerprint density at radius 1 is 1.45 bits per heavy atom. The van der Waals surface area contributed by atoms with E-state index in [0.29, 0.717) is 18.4 Å². The number of nitrogens with one attached hydrogen (secondary N) is 1. The van der Waals surface area contributed by atoms with Crippen molar-refractivity contribution in [2.24, 2.45) is 5.92 Å². The van der Waals surface area contributed by atoms with E-state index in [-0.39, 0.29) is 6.67 Å². The van der Waals surface area contributed by atoms with Gasteiger partial charge in [0.2, 0.25) is 0 Å². The molecule has 0 aromatic heterocycles. The van der Waals surface area contributed by atoms with Gasteiger partial charge in [-0.15, -0.1) is 0 Å². The van der Waals surface area contributed by atoms with Gasteiger partial charge in [-0.1, -0.05) is 29.8 Å². The molecule has 1 atom stereocenters. The van der Waals surface area contributed by atoms with Gasteiger partial charge in [-0.25, -0.2) is 0 Å². The molecule has 0 radical (unpaired) electrons. The van der Waals surface area contributed by atoms with Gasteiger partial charge in [0.25, 0.3) is 0 Å². The zero-order valence-corrected chi connectivity index (χ0v) is 8.83. The average Bonchev–Trinajstić information content (AvgIpc) is 1.97. The Morgan fingerprint density at radius 2 is 2.09 bits per heavy atom. The second-order valence-electron chi connectivity index (χ2n) is 3.00. The molecule has 0 aromatic rings. The second-order valence-corrected chi connectivity index (χ2v) is 3.65. The Labute approximate surface area is 76.9 Å². The molecule has 0 aliphatic carbocycles. The maximum atomic E-state index is 11.7. The zero-order chi connectivity index (χ0) is 8.69. The number of halogens is 2. The number of alkyl halides is 2. The Hall–Kier alpha value is 0.370. The minimum Gasteiger partial charge on any atom is -0.313 e. The summed E-state index contributed by atoms with van der Waals surface area (Å²) in [4.78, 5) is 0. The topological polar surface area (TPSA) is 12.0 Å². The highest BCUT2D eigenvalue weighted by atomic mass is 79.9. The van der Waals surface area contributed by atoms with Gasteiger partial charge < -0.3 is 5.32 Å². The molecule has 0 saturated carbocycles. The molecule has 0 aliphatic rings. The van der Waals surface area contributed by atoms with Crippen LogP contribution in [-0.2, 0) is 0 Å². The Kier molecular flexibility index (Phi) is 7.28. The summed E-state index contributed by atoms with van der Waals surface area (Å²) in [5, 5.41) is 4.22. The standard InChI is InChI=1S/C8H17BrFN/c1-7(2)8(6-9)11-5-3-4-10/h7-8,11H,3-6H2,1-2H3. The van der Waals surface area contributed by atoms with E-state index in [4.69, 9.17) is 0 Å². The summed E-state index contributed by atoms with van der Waals surface area (Å²) in [6.07, 6.45) is 0.621. The van der Waals surface area contributed by atoms with Crippen molar-refractivity contribution < 1.29 is 4.39 Å². The van der Waals surface area contributed by atoms with Crippen molar-refractivity contribution >= 4 is 15.9 Å². The lowest BCUT2D eigenvalue weighted by Gasteiger charge is -2.19. The maximum absolute atomic E-state index is 11.7. The fraction of sp³-hybridized carbons (Fsp3) is 1.00. The number of hydrogen-bond acceptors (Lipinski definition) is 1. The molecule has 11 heavy (non-hydrogen) atoms. The predicted octanol–water partition coefficient (Wildman–Crippen LogP) is 2.36. The highest BCUT2D eigenvalue weighted by molar-refractivity contribution is 9.09. The van der Waals surface area contributed by atoms with Crippen molar-refractivity contribution in [1.82, 2.24) is 5.32 Å². The monoisotopic (exact) mass is 225 g/mol. The Balaban J connectivity index is 3.36. The van der Waals surface area contributed by atoms with E-state index < -0.39 is 0 Å². The number of hydrogen-bond donors (Lipinski definition) is 1. The van der Waals surface area contributed by atoms with Crippen LogP contribution in [0.3, 0.4) is 0 Å². The summed E-state index contributed by atoms with van der Waals surface area (Å²) < 4.78 is 11.7. The van der Waals surface area contributed by atoms with Crippen molar-refractivity contribution in [3.8, 4) is 0 Å². The predicted molar refractivity (Wildman–Crippen MR) is 51.0 cm³/mol. The van der Waals surface area contributed by atoms with E-state index in [2.05, 4.69) is 35.1 Å². The summed E-state index contributed by atoms with van der Waals surface area (Å²) >= 11 is 3.41. The van der Waals surface area contributed by atoms with Gasteiger partial charge in [-0.2, -0.15) is 0 Å². The number of rotatable bonds is 6. The van der Waals surface area contributed by atoms with Crippen LogP contribution in [-0.4, -0.2) is 24.6 Å². The van der Waals surface area contributed by atoms with Crippen LogP contribution in [0.15, 0.2) is 0 Å². The van der Waals surface area contributed by atoms with Crippen LogP contribution in [0.1, 0.15) is 20.3 Å². The molecule has 0 bridgehead atoms. The van der Waals surface area contributed by atoms with Crippen LogP contribution >= 0.6 is 15.9 Å². The molecule has 68 valence electrons. The molecule has 1 nitrogen and oxygen atoms in total. The molecule has 1 unspecified atom stereocenters. The summed E-state index contributed by atoms with van der Waals surface area (Å²) in [6, 6.07) is 0.474. The van der Waals surface area contributed by atoms with Crippen molar-refractivity contribution in [2.75, 3.05) is 18.5 Å². The van der Waals surface area contributed by atoms with E-state index in [1.54, 1.807) is 0 Å². The lowest BCUT2D eigenvalue weighted by Crippen LogP contribution is -2.36. The van der Waals surface area contributed by atoms with E-state index in [0.717, 1.165) is 11.9 Å². The van der Waals surface area contributed by atoms with Crippen LogP contribution in [0.2, 0.25) is 0 Å². The SMILES string of the molecule is CC(C)C(CBr)NCCCF. The molecule has 0 spiro atoms. The molecule has 0 aromatic carbocycles. The van der Waals surface area contributed by atoms with E-state index in [1.165, 1.54) is 0 Å². The first-order valence-corrected chi connectivity index (χ1v) is 5.19. The fourth-order valence-electron chi connectivity index (χ4n) is 0.823. The lowest BCUT2D eigenvalue weighted by molar-refractivity contribution is 0.403. The minimum atomic E-state index is -0.222. The zero-order valence-electron chi connectivity index (χ0n) is 7.24. The van der Waals surface area contributed by atoms with E-state index in [9.17, 15) is 4.39 Å². The normalized spacial score (nSPS) is 13.9. The van der Waals surface area contributed by atoms with Crippen LogP contribution in [0.5, 0.6) is 0 Å². The lowest BCUT2D eigenvalue weighted by atomic mass is 10.1. The van der Waals surface area contributed by atoms with Crippen molar-refractivity contribution in [2.45, 2.75) is 26.3 Å². The minimum absolute atomic E-state index is 0.222. The van der Waals surface area contributed by atoms with Gasteiger partial charge >= 0.3 is 0 Å². The summed E-state index contributed by atoms with van der Waals surface area (Å²) in [6.45, 7) is 4.88. The average molecular weight is 226 g/mol. The summed E-state index contributed by atoms with van der Waals surface area (Å²) in [5.41, 5.74) is 0. The Morgan fingerprint density at radius 3 is 2.45 bits per heavy atom. The smallest absolute Gasteiger partial charge is 0.0906 e. The molecule has 1 N–H and O–H groups in total. The molecule has 0 saturated heterocycles. The van der Waals surface area contributed by atoms with Gasteiger partial charge in [0.05, 0.1) is 6.67 Å². The van der Waals surface area contributed by atoms with Crippen LogP contribution in [0.4, 0.5) is 4.39 Å². The molecule has 3 heteroatoms. The Bertz CT molecular complexity index is 88.2. The van der Waals surface area contributed by atoms with Crippen molar-refractivity contribution in [3.63, 3.8) is 0 Å². The van der Waals surface area contributed by atoms with Crippen molar-refractivity contribution in [3.05, 3.63) is 0 Å². The van der Waals surface area contributed by atoms with Gasteiger partial charge in [0.1, 0.15) is 0 Å². The molecular weight excluding hydrogens is 209 g/mol. The van der Waals surface area contributed by atoms with Crippen LogP contribution in [0.25, 0.3) is 0 Å². The third kappa shape index (κ3) is 5.62. The largest absolute Gasteiger partial charge is 0.313 e. The first-order valence-electron chi connectivity index (χ1n) is 4.07. The fourth-order valence-corrected chi connectivity index (χ4v) is 1.80. The first kappa shape index (κ1) is 11.4. The molecule has 0 aliphatic heterocycles. The maximum Gasteiger partial charge on any atom is 0.0906 e. The quantitative estimate of drug-likeness (QED) is 0.541. The molecule has 0 heterocycles. The first-order chi connectivity index (χ1) is 5.22. The van der Waals surface area contributed by atoms with Gasteiger partial charge in [0, 0.05) is 11.4 Å². The van der Waals surface area contributed by atoms with Crippen molar-refractivity contribution in [1.29, 1.82) is 0 Å². The third-order valence-electron chi connectivity index (χ3n) is 1.69. The summed E-state index contributed by atoms with van der Waals surface area (Å²) in [5.74, 6) is 0.606. The third-order valence-corrected chi connectivity index (χ3v) is 2.39. The second kappa shape index (κ2) is 7.04. The van der Waals surface area contributed by atoms with Crippen LogP contribution < -0.4 is 5.32 Å². The van der Waals surface area contributed by atoms with E-state index in [1.807, 2.05) is 0 Å². The summed E-state index contributed by atoms with van der Waals surface area (Å²) in [7, 11) is 0. The molecule has 0 rings (SSSR count). The van der Waals surface area contributed by atoms with Gasteiger partial charge in [-0.3, -0.25) is 4.39 Å². The highest BCUT2D eigenvalue weighted by Gasteiger charge is 2.09. The van der Waals surface area contributed by atoms with Crippen LogP contribution in [0, 0.1) is 5.92 Å². The van der Waals surface area contributed by atoms with E-state index >= 15 is 0 Å². The molecule has 0 fully saturated rings. The molecule has 0 amide bonds.